The normalized spacial score (nSPS) is 10.8. The van der Waals surface area contributed by atoms with Crippen LogP contribution in [0.15, 0.2) is 30.3 Å². The van der Waals surface area contributed by atoms with E-state index in [1.807, 2.05) is 37.4 Å². The lowest BCUT2D eigenvalue weighted by Crippen LogP contribution is -2.25. The van der Waals surface area contributed by atoms with Crippen molar-refractivity contribution < 1.29 is 9.53 Å². The van der Waals surface area contributed by atoms with E-state index in [4.69, 9.17) is 4.74 Å². The zero-order valence-corrected chi connectivity index (χ0v) is 13.6. The van der Waals surface area contributed by atoms with E-state index in [9.17, 15) is 4.79 Å². The smallest absolute Gasteiger partial charge is 0.271 e. The number of carbonyl (C=O) groups is 1. The molecule has 5 nitrogen and oxygen atoms in total. The average Bonchev–Trinajstić information content (AvgIpc) is 2.89. The zero-order valence-electron chi connectivity index (χ0n) is 13.6. The molecule has 1 N–H and O–H groups in total. The molecule has 0 saturated carbocycles. The molecule has 0 unspecified atom stereocenters. The topological polar surface area (TPSA) is 56.1 Å². The second-order valence-corrected chi connectivity index (χ2v) is 5.71. The number of amides is 1. The molecule has 1 heterocycles. The molecule has 1 aromatic carbocycles. The molecule has 2 aromatic rings. The van der Waals surface area contributed by atoms with E-state index < -0.39 is 0 Å². The number of rotatable bonds is 6. The third kappa shape index (κ3) is 3.87. The van der Waals surface area contributed by atoms with E-state index in [1.54, 1.807) is 11.8 Å². The van der Waals surface area contributed by atoms with Crippen LogP contribution in [-0.4, -0.2) is 29.3 Å². The van der Waals surface area contributed by atoms with E-state index in [0.29, 0.717) is 18.2 Å². The number of carbonyl (C=O) groups excluding carboxylic acids is 1. The fourth-order valence-corrected chi connectivity index (χ4v) is 2.18. The van der Waals surface area contributed by atoms with Crippen molar-refractivity contribution in [3.63, 3.8) is 0 Å². The minimum Gasteiger partial charge on any atom is -0.497 e. The van der Waals surface area contributed by atoms with Gasteiger partial charge >= 0.3 is 0 Å². The van der Waals surface area contributed by atoms with Gasteiger partial charge in [0.1, 0.15) is 5.75 Å². The van der Waals surface area contributed by atoms with Gasteiger partial charge in [-0.1, -0.05) is 13.8 Å². The van der Waals surface area contributed by atoms with E-state index in [0.717, 1.165) is 23.4 Å². The zero-order chi connectivity index (χ0) is 16.1. The molecule has 5 heteroatoms. The number of nitrogens with zero attached hydrogens (tertiary/aromatic N) is 2. The number of hydrogen-bond donors (Lipinski definition) is 1. The van der Waals surface area contributed by atoms with Gasteiger partial charge in [0, 0.05) is 19.2 Å². The second kappa shape index (κ2) is 7.11. The highest BCUT2D eigenvalue weighted by atomic mass is 16.5. The Morgan fingerprint density at radius 1 is 1.32 bits per heavy atom. The molecule has 22 heavy (non-hydrogen) atoms. The maximum Gasteiger partial charge on any atom is 0.271 e. The van der Waals surface area contributed by atoms with E-state index in [-0.39, 0.29) is 5.91 Å². The van der Waals surface area contributed by atoms with Gasteiger partial charge in [0.25, 0.3) is 5.91 Å². The van der Waals surface area contributed by atoms with Gasteiger partial charge < -0.3 is 10.1 Å². The van der Waals surface area contributed by atoms with Gasteiger partial charge in [-0.05, 0) is 42.7 Å². The quantitative estimate of drug-likeness (QED) is 0.892. The predicted molar refractivity (Wildman–Crippen MR) is 87.0 cm³/mol. The van der Waals surface area contributed by atoms with Gasteiger partial charge in [0.15, 0.2) is 5.69 Å². The molecule has 1 aromatic heterocycles. The van der Waals surface area contributed by atoms with Crippen LogP contribution in [0.5, 0.6) is 5.75 Å². The summed E-state index contributed by atoms with van der Waals surface area (Å²) in [5.74, 6) is 1.24. The number of ether oxygens (including phenoxy) is 1. The van der Waals surface area contributed by atoms with Crippen LogP contribution in [0, 0.1) is 5.92 Å². The van der Waals surface area contributed by atoms with Gasteiger partial charge in [-0.3, -0.25) is 9.48 Å². The monoisotopic (exact) mass is 301 g/mol. The van der Waals surface area contributed by atoms with Gasteiger partial charge in [-0.15, -0.1) is 0 Å². The van der Waals surface area contributed by atoms with E-state index in [2.05, 4.69) is 24.3 Å². The Morgan fingerprint density at radius 2 is 2.00 bits per heavy atom. The van der Waals surface area contributed by atoms with Crippen molar-refractivity contribution in [3.05, 3.63) is 36.0 Å². The fraction of sp³-hybridized carbons (Fsp3) is 0.412. The Balaban J connectivity index is 2.11. The van der Waals surface area contributed by atoms with Crippen LogP contribution in [0.1, 0.15) is 30.8 Å². The number of benzene rings is 1. The summed E-state index contributed by atoms with van der Waals surface area (Å²) >= 11 is 0. The van der Waals surface area contributed by atoms with Crippen LogP contribution < -0.4 is 10.1 Å². The highest BCUT2D eigenvalue weighted by Gasteiger charge is 2.13. The molecule has 0 radical (unpaired) electrons. The molecule has 0 aliphatic heterocycles. The summed E-state index contributed by atoms with van der Waals surface area (Å²) in [6.45, 7) is 4.94. The molecule has 0 spiro atoms. The number of aryl methyl sites for hydroxylation is 1. The maximum atomic E-state index is 12.1. The summed E-state index contributed by atoms with van der Waals surface area (Å²) in [5, 5.41) is 7.21. The summed E-state index contributed by atoms with van der Waals surface area (Å²) < 4.78 is 6.88. The van der Waals surface area contributed by atoms with Crippen LogP contribution in [0.2, 0.25) is 0 Å². The van der Waals surface area contributed by atoms with Crippen LogP contribution >= 0.6 is 0 Å². The highest BCUT2D eigenvalue weighted by Crippen LogP contribution is 2.22. The molecule has 0 fully saturated rings. The second-order valence-electron chi connectivity index (χ2n) is 5.71. The SMILES string of the molecule is COc1ccc(-c2cc(C(=O)NCCC(C)C)nn2C)cc1. The lowest BCUT2D eigenvalue weighted by molar-refractivity contribution is 0.0946. The molecule has 2 rings (SSSR count). The van der Waals surface area contributed by atoms with Crippen LogP contribution in [0.25, 0.3) is 11.3 Å². The maximum absolute atomic E-state index is 12.1. The fourth-order valence-electron chi connectivity index (χ4n) is 2.18. The molecule has 1 amide bonds. The Morgan fingerprint density at radius 3 is 2.59 bits per heavy atom. The molecule has 118 valence electrons. The van der Waals surface area contributed by atoms with Crippen molar-refractivity contribution in [2.24, 2.45) is 13.0 Å². The van der Waals surface area contributed by atoms with Gasteiger partial charge in [-0.2, -0.15) is 5.10 Å². The molecule has 0 aliphatic rings. The Hall–Kier alpha value is -2.30. The number of aromatic nitrogens is 2. The first-order valence-corrected chi connectivity index (χ1v) is 7.48. The molecule has 0 saturated heterocycles. The molecule has 0 atom stereocenters. The summed E-state index contributed by atoms with van der Waals surface area (Å²) in [7, 11) is 3.48. The molecule has 0 bridgehead atoms. The number of nitrogens with one attached hydrogen (secondary N) is 1. The first-order valence-electron chi connectivity index (χ1n) is 7.48. The van der Waals surface area contributed by atoms with Crippen molar-refractivity contribution in [2.75, 3.05) is 13.7 Å². The van der Waals surface area contributed by atoms with E-state index in [1.165, 1.54) is 0 Å². The summed E-state index contributed by atoms with van der Waals surface area (Å²) in [6, 6.07) is 9.51. The standard InChI is InChI=1S/C17H23N3O2/c1-12(2)9-10-18-17(21)15-11-16(20(3)19-15)13-5-7-14(22-4)8-6-13/h5-8,11-12H,9-10H2,1-4H3,(H,18,21). The lowest BCUT2D eigenvalue weighted by Gasteiger charge is -2.05. The van der Waals surface area contributed by atoms with Crippen molar-refractivity contribution in [1.29, 1.82) is 0 Å². The minimum absolute atomic E-state index is 0.129. The number of methoxy groups -OCH3 is 1. The van der Waals surface area contributed by atoms with Gasteiger partial charge in [0.05, 0.1) is 12.8 Å². The molecular weight excluding hydrogens is 278 g/mol. The predicted octanol–water partition coefficient (Wildman–Crippen LogP) is 2.87. The van der Waals surface area contributed by atoms with E-state index >= 15 is 0 Å². The Kier molecular flexibility index (Phi) is 5.20. The summed E-state index contributed by atoms with van der Waals surface area (Å²) in [6.07, 6.45) is 0.962. The van der Waals surface area contributed by atoms with Crippen molar-refractivity contribution >= 4 is 5.91 Å². The first-order chi connectivity index (χ1) is 10.5. The van der Waals surface area contributed by atoms with Gasteiger partial charge in [0.2, 0.25) is 0 Å². The number of hydrogen-bond acceptors (Lipinski definition) is 3. The summed E-state index contributed by atoms with van der Waals surface area (Å²) in [4.78, 5) is 12.1. The highest BCUT2D eigenvalue weighted by molar-refractivity contribution is 5.93. The van der Waals surface area contributed by atoms with Crippen LogP contribution in [-0.2, 0) is 7.05 Å². The molecular formula is C17H23N3O2. The van der Waals surface area contributed by atoms with Crippen molar-refractivity contribution in [2.45, 2.75) is 20.3 Å². The van der Waals surface area contributed by atoms with Crippen LogP contribution in [0.4, 0.5) is 0 Å². The van der Waals surface area contributed by atoms with Crippen molar-refractivity contribution in [3.8, 4) is 17.0 Å². The Labute approximate surface area is 131 Å². The molecule has 0 aliphatic carbocycles. The third-order valence-electron chi connectivity index (χ3n) is 3.51. The van der Waals surface area contributed by atoms with Crippen LogP contribution in [0.3, 0.4) is 0 Å². The average molecular weight is 301 g/mol. The van der Waals surface area contributed by atoms with Crippen molar-refractivity contribution in [1.82, 2.24) is 15.1 Å². The third-order valence-corrected chi connectivity index (χ3v) is 3.51. The minimum atomic E-state index is -0.129. The summed E-state index contributed by atoms with van der Waals surface area (Å²) in [5.41, 5.74) is 2.34. The largest absolute Gasteiger partial charge is 0.497 e. The first kappa shape index (κ1) is 16.1. The lowest BCUT2D eigenvalue weighted by atomic mass is 10.1. The Bertz CT molecular complexity index is 630. The van der Waals surface area contributed by atoms with Gasteiger partial charge in [-0.25, -0.2) is 0 Å².